The summed E-state index contributed by atoms with van der Waals surface area (Å²) in [5, 5.41) is 3.22. The molecule has 0 unspecified atom stereocenters. The van der Waals surface area contributed by atoms with E-state index in [0.717, 1.165) is 11.1 Å². The van der Waals surface area contributed by atoms with Crippen molar-refractivity contribution in [2.75, 3.05) is 6.54 Å². The van der Waals surface area contributed by atoms with Gasteiger partial charge < -0.3 is 11.1 Å². The highest BCUT2D eigenvalue weighted by Crippen LogP contribution is 2.09. The Morgan fingerprint density at radius 1 is 1.50 bits per heavy atom. The molecule has 0 aliphatic carbocycles. The van der Waals surface area contributed by atoms with E-state index in [1.165, 1.54) is 6.07 Å². The van der Waals surface area contributed by atoms with E-state index >= 15 is 0 Å². The Balaban J connectivity index is 2.62. The number of benzene rings is 1. The first kappa shape index (κ1) is 11.1. The van der Waals surface area contributed by atoms with Crippen LogP contribution in [0.4, 0.5) is 4.39 Å². The monoisotopic (exact) mass is 196 g/mol. The van der Waals surface area contributed by atoms with Gasteiger partial charge in [0.05, 0.1) is 0 Å². The standard InChI is InChI=1S/C11H17FN2/c1-8-3-4-11(12)5-10(8)7-14-9(2)6-13/h3-5,9,14H,6-7,13H2,1-2H3/t9-/m1/s1. The van der Waals surface area contributed by atoms with Gasteiger partial charge in [-0.25, -0.2) is 4.39 Å². The molecule has 3 heteroatoms. The average Bonchev–Trinajstić information content (AvgIpc) is 2.19. The third-order valence-corrected chi connectivity index (χ3v) is 2.31. The lowest BCUT2D eigenvalue weighted by atomic mass is 10.1. The first-order chi connectivity index (χ1) is 6.63. The Labute approximate surface area is 84.3 Å². The summed E-state index contributed by atoms with van der Waals surface area (Å²) in [4.78, 5) is 0. The van der Waals surface area contributed by atoms with Gasteiger partial charge in [0.25, 0.3) is 0 Å². The third-order valence-electron chi connectivity index (χ3n) is 2.31. The Kier molecular flexibility index (Phi) is 4.04. The van der Waals surface area contributed by atoms with Crippen molar-refractivity contribution in [1.29, 1.82) is 0 Å². The molecule has 0 aliphatic rings. The largest absolute Gasteiger partial charge is 0.329 e. The van der Waals surface area contributed by atoms with Crippen LogP contribution in [-0.2, 0) is 6.54 Å². The summed E-state index contributed by atoms with van der Waals surface area (Å²) >= 11 is 0. The zero-order valence-electron chi connectivity index (χ0n) is 8.68. The van der Waals surface area contributed by atoms with Gasteiger partial charge in [0.15, 0.2) is 0 Å². The predicted octanol–water partition coefficient (Wildman–Crippen LogP) is 1.57. The summed E-state index contributed by atoms with van der Waals surface area (Å²) in [6.07, 6.45) is 0. The van der Waals surface area contributed by atoms with Crippen molar-refractivity contribution < 1.29 is 4.39 Å². The number of nitrogens with two attached hydrogens (primary N) is 1. The number of nitrogens with one attached hydrogen (secondary N) is 1. The van der Waals surface area contributed by atoms with Crippen LogP contribution in [-0.4, -0.2) is 12.6 Å². The van der Waals surface area contributed by atoms with Crippen molar-refractivity contribution in [3.8, 4) is 0 Å². The molecule has 0 heterocycles. The van der Waals surface area contributed by atoms with E-state index in [1.54, 1.807) is 12.1 Å². The van der Waals surface area contributed by atoms with Crippen molar-refractivity contribution in [2.24, 2.45) is 5.73 Å². The van der Waals surface area contributed by atoms with Crippen LogP contribution in [0.1, 0.15) is 18.1 Å². The maximum Gasteiger partial charge on any atom is 0.123 e. The van der Waals surface area contributed by atoms with Gasteiger partial charge in [-0.15, -0.1) is 0 Å². The molecule has 0 spiro atoms. The lowest BCUT2D eigenvalue weighted by Gasteiger charge is -2.12. The van der Waals surface area contributed by atoms with Crippen LogP contribution >= 0.6 is 0 Å². The molecular weight excluding hydrogens is 179 g/mol. The zero-order valence-corrected chi connectivity index (χ0v) is 8.68. The fourth-order valence-electron chi connectivity index (χ4n) is 1.20. The normalized spacial score (nSPS) is 12.9. The quantitative estimate of drug-likeness (QED) is 0.767. The van der Waals surface area contributed by atoms with Gasteiger partial charge in [-0.1, -0.05) is 6.07 Å². The number of halogens is 1. The Bertz CT molecular complexity index is 299. The van der Waals surface area contributed by atoms with Crippen LogP contribution in [0.25, 0.3) is 0 Å². The molecule has 3 N–H and O–H groups in total. The highest BCUT2D eigenvalue weighted by Gasteiger charge is 2.02. The van der Waals surface area contributed by atoms with E-state index < -0.39 is 0 Å². The number of hydrogen-bond donors (Lipinski definition) is 2. The second kappa shape index (κ2) is 5.08. The third kappa shape index (κ3) is 3.09. The summed E-state index contributed by atoms with van der Waals surface area (Å²) in [5.74, 6) is -0.187. The topological polar surface area (TPSA) is 38.0 Å². The zero-order chi connectivity index (χ0) is 10.6. The van der Waals surface area contributed by atoms with Gasteiger partial charge >= 0.3 is 0 Å². The Hall–Kier alpha value is -0.930. The highest BCUT2D eigenvalue weighted by atomic mass is 19.1. The first-order valence-corrected chi connectivity index (χ1v) is 4.82. The van der Waals surface area contributed by atoms with Crippen molar-refractivity contribution in [1.82, 2.24) is 5.32 Å². The molecule has 0 aromatic heterocycles. The molecule has 1 aromatic carbocycles. The molecule has 1 aromatic rings. The Morgan fingerprint density at radius 3 is 2.86 bits per heavy atom. The van der Waals surface area contributed by atoms with E-state index in [-0.39, 0.29) is 11.9 Å². The van der Waals surface area contributed by atoms with Crippen LogP contribution in [0, 0.1) is 12.7 Å². The summed E-state index contributed by atoms with van der Waals surface area (Å²) in [7, 11) is 0. The predicted molar refractivity (Wildman–Crippen MR) is 56.5 cm³/mol. The maximum absolute atomic E-state index is 12.9. The van der Waals surface area contributed by atoms with Crippen LogP contribution < -0.4 is 11.1 Å². The van der Waals surface area contributed by atoms with Crippen LogP contribution in [0.3, 0.4) is 0 Å². The molecule has 78 valence electrons. The van der Waals surface area contributed by atoms with Crippen LogP contribution in [0.15, 0.2) is 18.2 Å². The minimum absolute atomic E-state index is 0.187. The molecule has 0 bridgehead atoms. The second-order valence-electron chi connectivity index (χ2n) is 3.59. The van der Waals surface area contributed by atoms with Crippen molar-refractivity contribution in [2.45, 2.75) is 26.4 Å². The Morgan fingerprint density at radius 2 is 2.21 bits per heavy atom. The molecule has 14 heavy (non-hydrogen) atoms. The maximum atomic E-state index is 12.9. The molecule has 1 rings (SSSR count). The molecule has 0 fully saturated rings. The second-order valence-corrected chi connectivity index (χ2v) is 3.59. The van der Waals surface area contributed by atoms with Crippen LogP contribution in [0.2, 0.25) is 0 Å². The molecule has 0 saturated heterocycles. The van der Waals surface area contributed by atoms with E-state index in [1.807, 2.05) is 13.8 Å². The lowest BCUT2D eigenvalue weighted by Crippen LogP contribution is -2.32. The fourth-order valence-corrected chi connectivity index (χ4v) is 1.20. The fraction of sp³-hybridized carbons (Fsp3) is 0.455. The van der Waals surface area contributed by atoms with Gasteiger partial charge in [0, 0.05) is 19.1 Å². The molecule has 0 amide bonds. The summed E-state index contributed by atoms with van der Waals surface area (Å²) in [5.41, 5.74) is 7.56. The molecule has 1 atom stereocenters. The number of rotatable bonds is 4. The van der Waals surface area contributed by atoms with Crippen LogP contribution in [0.5, 0.6) is 0 Å². The molecule has 0 aliphatic heterocycles. The first-order valence-electron chi connectivity index (χ1n) is 4.82. The van der Waals surface area contributed by atoms with Gasteiger partial charge in [0.2, 0.25) is 0 Å². The highest BCUT2D eigenvalue weighted by molar-refractivity contribution is 5.26. The summed E-state index contributed by atoms with van der Waals surface area (Å²) < 4.78 is 12.9. The van der Waals surface area contributed by atoms with Gasteiger partial charge in [-0.05, 0) is 37.1 Å². The van der Waals surface area contributed by atoms with Gasteiger partial charge in [-0.3, -0.25) is 0 Å². The molecular formula is C11H17FN2. The smallest absolute Gasteiger partial charge is 0.123 e. The minimum Gasteiger partial charge on any atom is -0.329 e. The number of hydrogen-bond acceptors (Lipinski definition) is 2. The van der Waals surface area contributed by atoms with Crippen molar-refractivity contribution in [3.05, 3.63) is 35.1 Å². The van der Waals surface area contributed by atoms with Crippen molar-refractivity contribution in [3.63, 3.8) is 0 Å². The SMILES string of the molecule is Cc1ccc(F)cc1CN[C@H](C)CN. The van der Waals surface area contributed by atoms with E-state index in [0.29, 0.717) is 13.1 Å². The van der Waals surface area contributed by atoms with Gasteiger partial charge in [-0.2, -0.15) is 0 Å². The average molecular weight is 196 g/mol. The summed E-state index contributed by atoms with van der Waals surface area (Å²) in [6.45, 7) is 5.24. The minimum atomic E-state index is -0.187. The molecule has 0 radical (unpaired) electrons. The lowest BCUT2D eigenvalue weighted by molar-refractivity contribution is 0.551. The summed E-state index contributed by atoms with van der Waals surface area (Å²) in [6, 6.07) is 5.09. The molecule has 0 saturated carbocycles. The molecule has 2 nitrogen and oxygen atoms in total. The van der Waals surface area contributed by atoms with E-state index in [4.69, 9.17) is 5.73 Å². The van der Waals surface area contributed by atoms with Gasteiger partial charge in [0.1, 0.15) is 5.82 Å². The van der Waals surface area contributed by atoms with Crippen molar-refractivity contribution >= 4 is 0 Å². The number of aryl methyl sites for hydroxylation is 1. The van der Waals surface area contributed by atoms with E-state index in [9.17, 15) is 4.39 Å². The van der Waals surface area contributed by atoms with E-state index in [2.05, 4.69) is 5.32 Å².